The van der Waals surface area contributed by atoms with Gasteiger partial charge in [0.05, 0.1) is 25.1 Å². The van der Waals surface area contributed by atoms with Gasteiger partial charge in [0.25, 0.3) is 0 Å². The SMILES string of the molecule is CC1(C)CCCCC1Nc1ccc(N2CCOCC2)nc1. The molecule has 1 aromatic rings. The molecule has 1 atom stereocenters. The van der Waals surface area contributed by atoms with Gasteiger partial charge >= 0.3 is 0 Å². The second-order valence-electron chi connectivity index (χ2n) is 6.94. The first-order valence-corrected chi connectivity index (χ1v) is 8.20. The summed E-state index contributed by atoms with van der Waals surface area (Å²) in [5.41, 5.74) is 1.52. The van der Waals surface area contributed by atoms with Crippen LogP contribution in [0.3, 0.4) is 0 Å². The van der Waals surface area contributed by atoms with Crippen LogP contribution in [-0.2, 0) is 4.74 Å². The molecule has 1 aliphatic heterocycles. The number of aromatic nitrogens is 1. The van der Waals surface area contributed by atoms with Crippen LogP contribution in [-0.4, -0.2) is 37.3 Å². The van der Waals surface area contributed by atoms with E-state index in [-0.39, 0.29) is 0 Å². The van der Waals surface area contributed by atoms with Crippen molar-refractivity contribution in [2.24, 2.45) is 5.41 Å². The normalized spacial score (nSPS) is 25.6. The Labute approximate surface area is 127 Å². The van der Waals surface area contributed by atoms with E-state index in [1.807, 2.05) is 6.20 Å². The van der Waals surface area contributed by atoms with Crippen LogP contribution in [0.2, 0.25) is 0 Å². The van der Waals surface area contributed by atoms with Crippen molar-refractivity contribution in [1.82, 2.24) is 4.98 Å². The third-order valence-electron chi connectivity index (χ3n) is 4.93. The molecule has 3 rings (SSSR count). The Morgan fingerprint density at radius 2 is 2.05 bits per heavy atom. The predicted octanol–water partition coefficient (Wildman–Crippen LogP) is 3.30. The summed E-state index contributed by atoms with van der Waals surface area (Å²) >= 11 is 0. The van der Waals surface area contributed by atoms with Crippen molar-refractivity contribution in [1.29, 1.82) is 0 Å². The van der Waals surface area contributed by atoms with Gasteiger partial charge in [0.1, 0.15) is 5.82 Å². The summed E-state index contributed by atoms with van der Waals surface area (Å²) < 4.78 is 5.39. The molecule has 4 heteroatoms. The number of anilines is 2. The largest absolute Gasteiger partial charge is 0.381 e. The van der Waals surface area contributed by atoms with Crippen molar-refractivity contribution in [3.05, 3.63) is 18.3 Å². The number of rotatable bonds is 3. The standard InChI is InChI=1S/C17H27N3O/c1-17(2)8-4-3-5-15(17)19-14-6-7-16(18-13-14)20-9-11-21-12-10-20/h6-7,13,15,19H,3-5,8-12H2,1-2H3. The Hall–Kier alpha value is -1.29. The molecule has 2 heterocycles. The quantitative estimate of drug-likeness (QED) is 0.926. The summed E-state index contributed by atoms with van der Waals surface area (Å²) in [7, 11) is 0. The maximum absolute atomic E-state index is 5.39. The summed E-state index contributed by atoms with van der Waals surface area (Å²) in [5.74, 6) is 1.06. The van der Waals surface area contributed by atoms with Gasteiger partial charge in [-0.1, -0.05) is 26.7 Å². The van der Waals surface area contributed by atoms with Gasteiger partial charge in [-0.25, -0.2) is 4.98 Å². The van der Waals surface area contributed by atoms with Crippen molar-refractivity contribution in [3.63, 3.8) is 0 Å². The Morgan fingerprint density at radius 1 is 1.24 bits per heavy atom. The van der Waals surface area contributed by atoms with E-state index in [1.165, 1.54) is 25.7 Å². The van der Waals surface area contributed by atoms with E-state index in [9.17, 15) is 0 Å². The molecule has 4 nitrogen and oxygen atoms in total. The van der Waals surface area contributed by atoms with Crippen LogP contribution in [0.5, 0.6) is 0 Å². The van der Waals surface area contributed by atoms with E-state index in [2.05, 4.69) is 41.2 Å². The highest BCUT2D eigenvalue weighted by molar-refractivity contribution is 5.49. The highest BCUT2D eigenvalue weighted by Gasteiger charge is 2.32. The van der Waals surface area contributed by atoms with Crippen LogP contribution >= 0.6 is 0 Å². The van der Waals surface area contributed by atoms with Gasteiger partial charge in [0.2, 0.25) is 0 Å². The fraction of sp³-hybridized carbons (Fsp3) is 0.706. The van der Waals surface area contributed by atoms with Gasteiger partial charge in [-0.15, -0.1) is 0 Å². The van der Waals surface area contributed by atoms with E-state index in [4.69, 9.17) is 4.74 Å². The van der Waals surface area contributed by atoms with E-state index < -0.39 is 0 Å². The molecule has 2 aliphatic rings. The Balaban J connectivity index is 1.63. The smallest absolute Gasteiger partial charge is 0.128 e. The summed E-state index contributed by atoms with van der Waals surface area (Å²) in [6.45, 7) is 8.24. The molecular formula is C17H27N3O. The zero-order valence-electron chi connectivity index (χ0n) is 13.3. The minimum atomic E-state index is 0.376. The molecule has 0 radical (unpaired) electrons. The molecule has 1 unspecified atom stereocenters. The minimum Gasteiger partial charge on any atom is -0.381 e. The number of nitrogens with zero attached hydrogens (tertiary/aromatic N) is 2. The third-order valence-corrected chi connectivity index (χ3v) is 4.93. The first kappa shape index (κ1) is 14.6. The number of pyridine rings is 1. The van der Waals surface area contributed by atoms with Gasteiger partial charge < -0.3 is 15.0 Å². The molecule has 1 aromatic heterocycles. The summed E-state index contributed by atoms with van der Waals surface area (Å²) in [5, 5.41) is 3.70. The first-order chi connectivity index (χ1) is 10.1. The van der Waals surface area contributed by atoms with Crippen LogP contribution in [0.4, 0.5) is 11.5 Å². The monoisotopic (exact) mass is 289 g/mol. The topological polar surface area (TPSA) is 37.4 Å². The van der Waals surface area contributed by atoms with E-state index in [0.717, 1.165) is 37.8 Å². The lowest BCUT2D eigenvalue weighted by atomic mass is 9.73. The molecule has 1 saturated carbocycles. The fourth-order valence-corrected chi connectivity index (χ4v) is 3.41. The fourth-order valence-electron chi connectivity index (χ4n) is 3.41. The Bertz CT molecular complexity index is 452. The molecule has 116 valence electrons. The van der Waals surface area contributed by atoms with Crippen LogP contribution in [0.15, 0.2) is 18.3 Å². The average Bonchev–Trinajstić information content (AvgIpc) is 2.51. The number of hydrogen-bond acceptors (Lipinski definition) is 4. The van der Waals surface area contributed by atoms with Gasteiger partial charge in [0.15, 0.2) is 0 Å². The maximum Gasteiger partial charge on any atom is 0.128 e. The number of ether oxygens (including phenoxy) is 1. The lowest BCUT2D eigenvalue weighted by Crippen LogP contribution is -2.39. The van der Waals surface area contributed by atoms with Crippen LogP contribution in [0.25, 0.3) is 0 Å². The molecule has 1 saturated heterocycles. The predicted molar refractivity (Wildman–Crippen MR) is 86.9 cm³/mol. The van der Waals surface area contributed by atoms with E-state index >= 15 is 0 Å². The van der Waals surface area contributed by atoms with Crippen molar-refractivity contribution >= 4 is 11.5 Å². The van der Waals surface area contributed by atoms with Crippen LogP contribution < -0.4 is 10.2 Å². The molecule has 0 amide bonds. The Morgan fingerprint density at radius 3 is 2.71 bits per heavy atom. The second kappa shape index (κ2) is 6.22. The zero-order valence-corrected chi connectivity index (χ0v) is 13.3. The molecule has 0 bridgehead atoms. The van der Waals surface area contributed by atoms with Crippen molar-refractivity contribution in [3.8, 4) is 0 Å². The van der Waals surface area contributed by atoms with Crippen LogP contribution in [0, 0.1) is 5.41 Å². The average molecular weight is 289 g/mol. The maximum atomic E-state index is 5.39. The Kier molecular flexibility index (Phi) is 4.34. The summed E-state index contributed by atoms with van der Waals surface area (Å²) in [6.07, 6.45) is 7.25. The summed E-state index contributed by atoms with van der Waals surface area (Å²) in [6, 6.07) is 4.86. The zero-order chi connectivity index (χ0) is 14.7. The van der Waals surface area contributed by atoms with E-state index in [1.54, 1.807) is 0 Å². The number of morpholine rings is 1. The van der Waals surface area contributed by atoms with E-state index in [0.29, 0.717) is 11.5 Å². The van der Waals surface area contributed by atoms with Crippen molar-refractivity contribution in [2.75, 3.05) is 36.5 Å². The van der Waals surface area contributed by atoms with Crippen molar-refractivity contribution in [2.45, 2.75) is 45.6 Å². The number of hydrogen-bond donors (Lipinski definition) is 1. The molecule has 21 heavy (non-hydrogen) atoms. The number of nitrogens with one attached hydrogen (secondary N) is 1. The molecule has 0 aromatic carbocycles. The second-order valence-corrected chi connectivity index (χ2v) is 6.94. The summed E-state index contributed by atoms with van der Waals surface area (Å²) in [4.78, 5) is 6.91. The highest BCUT2D eigenvalue weighted by Crippen LogP contribution is 2.37. The molecule has 2 fully saturated rings. The lowest BCUT2D eigenvalue weighted by molar-refractivity contribution is 0.122. The van der Waals surface area contributed by atoms with Gasteiger partial charge in [-0.05, 0) is 30.4 Å². The molecular weight excluding hydrogens is 262 g/mol. The molecule has 0 spiro atoms. The highest BCUT2D eigenvalue weighted by atomic mass is 16.5. The third kappa shape index (κ3) is 3.49. The van der Waals surface area contributed by atoms with Gasteiger partial charge in [0, 0.05) is 19.1 Å². The van der Waals surface area contributed by atoms with Crippen LogP contribution in [0.1, 0.15) is 39.5 Å². The molecule has 1 aliphatic carbocycles. The minimum absolute atomic E-state index is 0.376. The van der Waals surface area contributed by atoms with Gasteiger partial charge in [-0.3, -0.25) is 0 Å². The first-order valence-electron chi connectivity index (χ1n) is 8.20. The van der Waals surface area contributed by atoms with Gasteiger partial charge in [-0.2, -0.15) is 0 Å². The van der Waals surface area contributed by atoms with Crippen molar-refractivity contribution < 1.29 is 4.74 Å². The lowest BCUT2D eigenvalue weighted by Gasteiger charge is -2.39. The molecule has 1 N–H and O–H groups in total.